The van der Waals surface area contributed by atoms with E-state index in [1.807, 2.05) is 18.2 Å². The molecule has 0 saturated heterocycles. The average Bonchev–Trinajstić information content (AvgIpc) is 2.43. The predicted molar refractivity (Wildman–Crippen MR) is 76.6 cm³/mol. The molecule has 0 radical (unpaired) electrons. The third kappa shape index (κ3) is 3.79. The van der Waals surface area contributed by atoms with Gasteiger partial charge in [0.1, 0.15) is 0 Å². The number of ether oxygens (including phenoxy) is 1. The zero-order valence-corrected chi connectivity index (χ0v) is 11.1. The first kappa shape index (κ1) is 13.5. The lowest BCUT2D eigenvalue weighted by atomic mass is 10.2. The monoisotopic (exact) mass is 261 g/mol. The number of rotatable bonds is 7. The van der Waals surface area contributed by atoms with Gasteiger partial charge in [-0.15, -0.1) is 0 Å². The number of aromatic nitrogens is 2. The molecule has 0 atom stereocenters. The van der Waals surface area contributed by atoms with Crippen LogP contribution < -0.4 is 10.9 Å². The van der Waals surface area contributed by atoms with Gasteiger partial charge in [0.2, 0.25) is 5.95 Å². The molecular formula is C14H19N3O2. The third-order valence-corrected chi connectivity index (χ3v) is 2.93. The van der Waals surface area contributed by atoms with Crippen LogP contribution in [0.5, 0.6) is 0 Å². The first-order chi connectivity index (χ1) is 9.31. The number of methoxy groups -OCH3 is 1. The molecule has 0 aliphatic rings. The van der Waals surface area contributed by atoms with E-state index < -0.39 is 0 Å². The van der Waals surface area contributed by atoms with E-state index in [0.717, 1.165) is 32.4 Å². The Bertz CT molecular complexity index is 580. The molecule has 1 aromatic carbocycles. The Morgan fingerprint density at radius 1 is 1.26 bits per heavy atom. The smallest absolute Gasteiger partial charge is 0.260 e. The average molecular weight is 261 g/mol. The van der Waals surface area contributed by atoms with Crippen LogP contribution in [0.2, 0.25) is 0 Å². The molecule has 2 aromatic rings. The van der Waals surface area contributed by atoms with E-state index in [9.17, 15) is 4.79 Å². The number of unbranched alkanes of at least 4 members (excludes halogenated alkanes) is 2. The number of anilines is 1. The number of H-pyrrole nitrogens is 1. The van der Waals surface area contributed by atoms with E-state index >= 15 is 0 Å². The molecule has 1 aromatic heterocycles. The van der Waals surface area contributed by atoms with Crippen molar-refractivity contribution >= 4 is 16.9 Å². The molecule has 19 heavy (non-hydrogen) atoms. The van der Waals surface area contributed by atoms with Crippen molar-refractivity contribution in [2.75, 3.05) is 25.6 Å². The zero-order valence-electron chi connectivity index (χ0n) is 11.1. The highest BCUT2D eigenvalue weighted by Crippen LogP contribution is 2.08. The maximum Gasteiger partial charge on any atom is 0.260 e. The quantitative estimate of drug-likeness (QED) is 0.749. The number of nitrogens with one attached hydrogen (secondary N) is 2. The molecule has 102 valence electrons. The fourth-order valence-electron chi connectivity index (χ4n) is 1.93. The lowest BCUT2D eigenvalue weighted by Crippen LogP contribution is -2.14. The van der Waals surface area contributed by atoms with E-state index in [-0.39, 0.29) is 5.56 Å². The highest BCUT2D eigenvalue weighted by atomic mass is 16.5. The molecule has 0 fully saturated rings. The summed E-state index contributed by atoms with van der Waals surface area (Å²) >= 11 is 0. The van der Waals surface area contributed by atoms with E-state index in [1.165, 1.54) is 0 Å². The standard InChI is InChI=1S/C14H19N3O2/c1-19-10-6-2-5-9-15-14-16-12-8-4-3-7-11(12)13(18)17-14/h3-4,7-8H,2,5-6,9-10H2,1H3,(H2,15,16,17,18). The maximum atomic E-state index is 11.8. The van der Waals surface area contributed by atoms with E-state index in [4.69, 9.17) is 4.74 Å². The number of hydrogen-bond donors (Lipinski definition) is 2. The number of aromatic amines is 1. The van der Waals surface area contributed by atoms with Crippen LogP contribution in [-0.2, 0) is 4.74 Å². The van der Waals surface area contributed by atoms with Gasteiger partial charge in [0.15, 0.2) is 0 Å². The van der Waals surface area contributed by atoms with Gasteiger partial charge >= 0.3 is 0 Å². The Morgan fingerprint density at radius 3 is 2.95 bits per heavy atom. The summed E-state index contributed by atoms with van der Waals surface area (Å²) in [6.07, 6.45) is 3.18. The van der Waals surface area contributed by atoms with Crippen LogP contribution in [0.4, 0.5) is 5.95 Å². The molecule has 5 heteroatoms. The molecule has 0 aliphatic carbocycles. The summed E-state index contributed by atoms with van der Waals surface area (Å²) in [5.74, 6) is 0.537. The fourth-order valence-corrected chi connectivity index (χ4v) is 1.93. The Labute approximate surface area is 112 Å². The molecule has 0 amide bonds. The van der Waals surface area contributed by atoms with Crippen molar-refractivity contribution in [2.45, 2.75) is 19.3 Å². The number of nitrogens with zero attached hydrogens (tertiary/aromatic N) is 1. The van der Waals surface area contributed by atoms with Gasteiger partial charge in [-0.2, -0.15) is 0 Å². The summed E-state index contributed by atoms with van der Waals surface area (Å²) in [6.45, 7) is 1.59. The maximum absolute atomic E-state index is 11.8. The minimum absolute atomic E-state index is 0.104. The summed E-state index contributed by atoms with van der Waals surface area (Å²) in [7, 11) is 1.71. The minimum Gasteiger partial charge on any atom is -0.385 e. The van der Waals surface area contributed by atoms with Gasteiger partial charge in [-0.3, -0.25) is 9.78 Å². The summed E-state index contributed by atoms with van der Waals surface area (Å²) in [5, 5.41) is 3.77. The summed E-state index contributed by atoms with van der Waals surface area (Å²) in [4.78, 5) is 19.0. The largest absolute Gasteiger partial charge is 0.385 e. The number of benzene rings is 1. The van der Waals surface area contributed by atoms with E-state index in [2.05, 4.69) is 15.3 Å². The van der Waals surface area contributed by atoms with Crippen LogP contribution in [0, 0.1) is 0 Å². The Kier molecular flexibility index (Phi) is 4.92. The second-order valence-electron chi connectivity index (χ2n) is 4.41. The number of hydrogen-bond acceptors (Lipinski definition) is 4. The first-order valence-corrected chi connectivity index (χ1v) is 6.53. The van der Waals surface area contributed by atoms with Gasteiger partial charge in [-0.25, -0.2) is 4.98 Å². The lowest BCUT2D eigenvalue weighted by Gasteiger charge is -2.06. The molecule has 2 rings (SSSR count). The summed E-state index contributed by atoms with van der Waals surface area (Å²) < 4.78 is 4.99. The Balaban J connectivity index is 1.92. The highest BCUT2D eigenvalue weighted by molar-refractivity contribution is 5.78. The molecule has 0 aliphatic heterocycles. The Hall–Kier alpha value is -1.88. The van der Waals surface area contributed by atoms with Crippen LogP contribution in [0.15, 0.2) is 29.1 Å². The molecule has 2 N–H and O–H groups in total. The minimum atomic E-state index is -0.104. The van der Waals surface area contributed by atoms with Gasteiger partial charge in [-0.05, 0) is 31.4 Å². The third-order valence-electron chi connectivity index (χ3n) is 2.93. The van der Waals surface area contributed by atoms with Crippen molar-refractivity contribution in [3.63, 3.8) is 0 Å². The van der Waals surface area contributed by atoms with Crippen LogP contribution >= 0.6 is 0 Å². The SMILES string of the molecule is COCCCCCNc1nc2ccccc2c(=O)[nH]1. The normalized spacial score (nSPS) is 10.8. The van der Waals surface area contributed by atoms with Crippen LogP contribution in [0.25, 0.3) is 10.9 Å². The summed E-state index contributed by atoms with van der Waals surface area (Å²) in [5.41, 5.74) is 0.612. The topological polar surface area (TPSA) is 67.0 Å². The summed E-state index contributed by atoms with van der Waals surface area (Å²) in [6, 6.07) is 7.33. The van der Waals surface area contributed by atoms with Crippen LogP contribution in [0.3, 0.4) is 0 Å². The molecule has 1 heterocycles. The van der Waals surface area contributed by atoms with E-state index in [1.54, 1.807) is 13.2 Å². The molecule has 0 unspecified atom stereocenters. The van der Waals surface area contributed by atoms with Crippen molar-refractivity contribution in [1.82, 2.24) is 9.97 Å². The van der Waals surface area contributed by atoms with E-state index in [0.29, 0.717) is 16.9 Å². The zero-order chi connectivity index (χ0) is 13.5. The van der Waals surface area contributed by atoms with Crippen molar-refractivity contribution in [1.29, 1.82) is 0 Å². The molecule has 0 spiro atoms. The van der Waals surface area contributed by atoms with Gasteiger partial charge in [0.05, 0.1) is 10.9 Å². The van der Waals surface area contributed by atoms with Crippen molar-refractivity contribution in [2.24, 2.45) is 0 Å². The second-order valence-corrected chi connectivity index (χ2v) is 4.41. The van der Waals surface area contributed by atoms with Crippen molar-refractivity contribution in [3.05, 3.63) is 34.6 Å². The highest BCUT2D eigenvalue weighted by Gasteiger charge is 2.01. The second kappa shape index (κ2) is 6.89. The first-order valence-electron chi connectivity index (χ1n) is 6.53. The predicted octanol–water partition coefficient (Wildman–Crippen LogP) is 2.15. The molecule has 0 saturated carbocycles. The van der Waals surface area contributed by atoms with Crippen molar-refractivity contribution < 1.29 is 4.74 Å². The van der Waals surface area contributed by atoms with Crippen molar-refractivity contribution in [3.8, 4) is 0 Å². The van der Waals surface area contributed by atoms with Crippen LogP contribution in [0.1, 0.15) is 19.3 Å². The molecule has 0 bridgehead atoms. The van der Waals surface area contributed by atoms with Gasteiger partial charge < -0.3 is 10.1 Å². The molecule has 5 nitrogen and oxygen atoms in total. The van der Waals surface area contributed by atoms with Gasteiger partial charge in [0.25, 0.3) is 5.56 Å². The Morgan fingerprint density at radius 2 is 2.11 bits per heavy atom. The lowest BCUT2D eigenvalue weighted by molar-refractivity contribution is 0.192. The van der Waals surface area contributed by atoms with Crippen LogP contribution in [-0.4, -0.2) is 30.2 Å². The number of fused-ring (bicyclic) bond motifs is 1. The van der Waals surface area contributed by atoms with Gasteiger partial charge in [0, 0.05) is 20.3 Å². The fraction of sp³-hybridized carbons (Fsp3) is 0.429. The number of para-hydroxylation sites is 1. The molecular weight excluding hydrogens is 242 g/mol. The van der Waals surface area contributed by atoms with Gasteiger partial charge in [-0.1, -0.05) is 12.1 Å².